The maximum atomic E-state index is 12.9. The van der Waals surface area contributed by atoms with Gasteiger partial charge in [0.15, 0.2) is 0 Å². The summed E-state index contributed by atoms with van der Waals surface area (Å²) in [4.78, 5) is 14.9. The van der Waals surface area contributed by atoms with E-state index in [2.05, 4.69) is 13.8 Å². The molecule has 1 saturated carbocycles. The Morgan fingerprint density at radius 1 is 1.36 bits per heavy atom. The van der Waals surface area contributed by atoms with Crippen LogP contribution in [-0.2, 0) is 9.53 Å². The Kier molecular flexibility index (Phi) is 5.48. The van der Waals surface area contributed by atoms with Crippen LogP contribution in [0, 0.1) is 23.2 Å². The van der Waals surface area contributed by atoms with Crippen molar-refractivity contribution in [3.63, 3.8) is 0 Å². The Hall–Kier alpha value is -1.03. The van der Waals surface area contributed by atoms with Crippen molar-refractivity contribution in [1.29, 1.82) is 0 Å². The van der Waals surface area contributed by atoms with Gasteiger partial charge in [-0.2, -0.15) is 0 Å². The van der Waals surface area contributed by atoms with Gasteiger partial charge < -0.3 is 9.64 Å². The summed E-state index contributed by atoms with van der Waals surface area (Å²) < 4.78 is 5.23. The molecule has 0 spiro atoms. The van der Waals surface area contributed by atoms with Gasteiger partial charge in [0.25, 0.3) is 0 Å². The second-order valence-corrected chi connectivity index (χ2v) is 8.58. The van der Waals surface area contributed by atoms with E-state index in [9.17, 15) is 4.79 Å². The van der Waals surface area contributed by atoms with E-state index >= 15 is 0 Å². The number of carbonyl (C=O) groups excluding carboxylic acids is 1. The monoisotopic (exact) mass is 381 g/mol. The Labute approximate surface area is 159 Å². The summed E-state index contributed by atoms with van der Waals surface area (Å²) in [5.41, 5.74) is 0.879. The first kappa shape index (κ1) is 18.8. The number of likely N-dealkylation sites (tertiary alicyclic amines) is 1. The molecule has 1 saturated heterocycles. The first-order chi connectivity index (χ1) is 11.8. The number of ether oxygens (including phenoxy) is 1. The maximum absolute atomic E-state index is 12.9. The van der Waals surface area contributed by atoms with Gasteiger partial charge in [-0.3, -0.25) is 4.79 Å². The summed E-state index contributed by atoms with van der Waals surface area (Å²) in [5.74, 6) is 0.896. The van der Waals surface area contributed by atoms with Gasteiger partial charge in [-0.05, 0) is 35.4 Å². The predicted octanol–water partition coefficient (Wildman–Crippen LogP) is 4.69. The third kappa shape index (κ3) is 3.89. The molecule has 1 unspecified atom stereocenters. The van der Waals surface area contributed by atoms with Gasteiger partial charge in [0, 0.05) is 36.2 Å². The van der Waals surface area contributed by atoms with E-state index in [4.69, 9.17) is 27.9 Å². The van der Waals surface area contributed by atoms with Crippen LogP contribution >= 0.6 is 23.2 Å². The first-order valence-corrected chi connectivity index (χ1v) is 9.51. The van der Waals surface area contributed by atoms with Gasteiger partial charge >= 0.3 is 0 Å². The highest BCUT2D eigenvalue weighted by Crippen LogP contribution is 2.60. The predicted molar refractivity (Wildman–Crippen MR) is 103 cm³/mol. The third-order valence-corrected chi connectivity index (χ3v) is 6.22. The summed E-state index contributed by atoms with van der Waals surface area (Å²) in [5, 5.41) is 1.37. The molecule has 3 nitrogen and oxygen atoms in total. The molecular weight excluding hydrogens is 357 g/mol. The normalized spacial score (nSPS) is 28.3. The molecule has 0 bridgehead atoms. The van der Waals surface area contributed by atoms with Crippen LogP contribution in [0.15, 0.2) is 30.3 Å². The number of halogens is 2. The summed E-state index contributed by atoms with van der Waals surface area (Å²) in [6.45, 7) is 6.65. The van der Waals surface area contributed by atoms with Gasteiger partial charge in [-0.15, -0.1) is 0 Å². The lowest BCUT2D eigenvalue weighted by Gasteiger charge is -2.17. The van der Waals surface area contributed by atoms with Crippen LogP contribution in [0.4, 0.5) is 0 Å². The molecule has 136 valence electrons. The lowest BCUT2D eigenvalue weighted by Crippen LogP contribution is -2.32. The molecule has 1 aliphatic carbocycles. The third-order valence-electron chi connectivity index (χ3n) is 5.62. The minimum atomic E-state index is -0.0526. The van der Waals surface area contributed by atoms with Crippen molar-refractivity contribution in [3.8, 4) is 0 Å². The van der Waals surface area contributed by atoms with E-state index in [-0.39, 0.29) is 23.2 Å². The van der Waals surface area contributed by atoms with Crippen molar-refractivity contribution in [2.45, 2.75) is 20.3 Å². The topological polar surface area (TPSA) is 29.5 Å². The lowest BCUT2D eigenvalue weighted by molar-refractivity contribution is -0.132. The van der Waals surface area contributed by atoms with Crippen LogP contribution < -0.4 is 0 Å². The molecule has 2 fully saturated rings. The van der Waals surface area contributed by atoms with Crippen molar-refractivity contribution < 1.29 is 9.53 Å². The smallest absolute Gasteiger partial charge is 0.226 e. The van der Waals surface area contributed by atoms with Crippen molar-refractivity contribution in [3.05, 3.63) is 40.9 Å². The van der Waals surface area contributed by atoms with Crippen molar-refractivity contribution >= 4 is 34.1 Å². The molecule has 0 aromatic heterocycles. The molecule has 1 aliphatic heterocycles. The molecule has 0 N–H and O–H groups in total. The highest BCUT2D eigenvalue weighted by Gasteiger charge is 2.61. The highest BCUT2D eigenvalue weighted by atomic mass is 35.5. The fraction of sp³-hybridized carbons (Fsp3) is 0.550. The standard InChI is InChI=1S/C20H25Cl2NO2/c1-20(2)16(10-17(22)14-4-6-15(21)7-5-14)18(20)19(24)23-9-8-13(11-23)12-25-3/h4-7,10,13,16,18H,8-9,11-12H2,1-3H3/b17-10-/t13?,16-,18+/m1/s1. The molecule has 1 aromatic rings. The zero-order valence-electron chi connectivity index (χ0n) is 15.0. The zero-order valence-corrected chi connectivity index (χ0v) is 16.5. The van der Waals surface area contributed by atoms with Crippen molar-refractivity contribution in [1.82, 2.24) is 4.90 Å². The Balaban J connectivity index is 1.68. The van der Waals surface area contributed by atoms with Crippen LogP contribution in [0.5, 0.6) is 0 Å². The quantitative estimate of drug-likeness (QED) is 0.740. The second-order valence-electron chi connectivity index (χ2n) is 7.74. The maximum Gasteiger partial charge on any atom is 0.226 e. The second kappa shape index (κ2) is 7.30. The van der Waals surface area contributed by atoms with Gasteiger partial charge in [0.1, 0.15) is 0 Å². The van der Waals surface area contributed by atoms with E-state index in [0.29, 0.717) is 16.0 Å². The van der Waals surface area contributed by atoms with Crippen molar-refractivity contribution in [2.24, 2.45) is 23.2 Å². The summed E-state index contributed by atoms with van der Waals surface area (Å²) in [7, 11) is 1.72. The number of allylic oxidation sites excluding steroid dienone is 1. The summed E-state index contributed by atoms with van der Waals surface area (Å²) in [6.07, 6.45) is 3.06. The number of carbonyl (C=O) groups is 1. The number of benzene rings is 1. The van der Waals surface area contributed by atoms with E-state index in [1.807, 2.05) is 35.2 Å². The Morgan fingerprint density at radius 2 is 2.04 bits per heavy atom. The Morgan fingerprint density at radius 3 is 2.68 bits per heavy atom. The average molecular weight is 382 g/mol. The molecule has 5 heteroatoms. The van der Waals surface area contributed by atoms with E-state index in [1.54, 1.807) is 7.11 Å². The molecular formula is C20H25Cl2NO2. The molecule has 1 aromatic carbocycles. The number of amides is 1. The van der Waals surface area contributed by atoms with E-state index in [0.717, 1.165) is 31.7 Å². The summed E-state index contributed by atoms with van der Waals surface area (Å²) in [6, 6.07) is 7.47. The van der Waals surface area contributed by atoms with Crippen LogP contribution in [0.25, 0.3) is 5.03 Å². The number of methoxy groups -OCH3 is 1. The van der Waals surface area contributed by atoms with E-state index < -0.39 is 0 Å². The van der Waals surface area contributed by atoms with Crippen LogP contribution in [0.2, 0.25) is 5.02 Å². The van der Waals surface area contributed by atoms with Crippen molar-refractivity contribution in [2.75, 3.05) is 26.8 Å². The fourth-order valence-corrected chi connectivity index (χ4v) is 4.31. The number of hydrogen-bond acceptors (Lipinski definition) is 2. The summed E-state index contributed by atoms with van der Waals surface area (Å²) >= 11 is 12.4. The molecule has 1 heterocycles. The molecule has 2 aliphatic rings. The van der Waals surface area contributed by atoms with Crippen LogP contribution in [0.3, 0.4) is 0 Å². The van der Waals surface area contributed by atoms with Crippen LogP contribution in [-0.4, -0.2) is 37.6 Å². The highest BCUT2D eigenvalue weighted by molar-refractivity contribution is 6.48. The zero-order chi connectivity index (χ0) is 18.2. The largest absolute Gasteiger partial charge is 0.384 e. The molecule has 1 amide bonds. The molecule has 25 heavy (non-hydrogen) atoms. The van der Waals surface area contributed by atoms with Gasteiger partial charge in [0.05, 0.1) is 12.5 Å². The SMILES string of the molecule is COCC1CCN(C(=O)[C@@H]2[C@@H](/C=C(\Cl)c3ccc(Cl)cc3)C2(C)C)C1. The van der Waals surface area contributed by atoms with Gasteiger partial charge in [0.2, 0.25) is 5.91 Å². The molecule has 3 atom stereocenters. The number of rotatable bonds is 5. The molecule has 3 rings (SSSR count). The Bertz CT molecular complexity index is 669. The van der Waals surface area contributed by atoms with Crippen LogP contribution in [0.1, 0.15) is 25.8 Å². The fourth-order valence-electron chi connectivity index (χ4n) is 3.92. The number of nitrogens with zero attached hydrogens (tertiary/aromatic N) is 1. The van der Waals surface area contributed by atoms with Gasteiger partial charge in [-0.25, -0.2) is 0 Å². The van der Waals surface area contributed by atoms with Gasteiger partial charge in [-0.1, -0.05) is 55.3 Å². The lowest BCUT2D eigenvalue weighted by atomic mass is 10.1. The van der Waals surface area contributed by atoms with E-state index in [1.165, 1.54) is 0 Å². The minimum Gasteiger partial charge on any atom is -0.384 e. The first-order valence-electron chi connectivity index (χ1n) is 8.75. The molecule has 0 radical (unpaired) electrons. The average Bonchev–Trinajstić information content (AvgIpc) is 2.91. The minimum absolute atomic E-state index is 0.00912. The number of hydrogen-bond donors (Lipinski definition) is 0.